The predicted octanol–water partition coefficient (Wildman–Crippen LogP) is 16.0. The Balaban J connectivity index is 1.09. The summed E-state index contributed by atoms with van der Waals surface area (Å²) in [4.78, 5) is 0. The van der Waals surface area contributed by atoms with Crippen molar-refractivity contribution in [2.45, 2.75) is 0 Å². The van der Waals surface area contributed by atoms with Gasteiger partial charge in [-0.25, -0.2) is 0 Å². The van der Waals surface area contributed by atoms with Crippen LogP contribution in [0.4, 0.5) is 0 Å². The van der Waals surface area contributed by atoms with Gasteiger partial charge in [0.05, 0.1) is 0 Å². The molecule has 0 bridgehead atoms. The quantitative estimate of drug-likeness (QED) is 0.160. The van der Waals surface area contributed by atoms with Gasteiger partial charge in [0.2, 0.25) is 0 Å². The zero-order chi connectivity index (χ0) is 35.3. The van der Waals surface area contributed by atoms with E-state index in [0.29, 0.717) is 0 Å². The minimum absolute atomic E-state index is 1.23. The number of hydrogen-bond donors (Lipinski definition) is 0. The molecule has 0 amide bonds. The van der Waals surface area contributed by atoms with E-state index < -0.39 is 0 Å². The van der Waals surface area contributed by atoms with Gasteiger partial charge in [0.25, 0.3) is 0 Å². The van der Waals surface area contributed by atoms with Crippen LogP contribution in [-0.4, -0.2) is 0 Å². The average Bonchev–Trinajstić information content (AvgIpc) is 3.81. The zero-order valence-electron chi connectivity index (χ0n) is 29.1. The van der Waals surface area contributed by atoms with Crippen molar-refractivity contribution < 1.29 is 0 Å². The predicted molar refractivity (Wildman–Crippen MR) is 239 cm³/mol. The lowest BCUT2D eigenvalue weighted by atomic mass is 9.85. The van der Waals surface area contributed by atoms with Crippen molar-refractivity contribution in [3.63, 3.8) is 0 Å². The minimum atomic E-state index is 1.23. The molecule has 0 unspecified atom stereocenters. The molecule has 54 heavy (non-hydrogen) atoms. The molecule has 0 nitrogen and oxygen atoms in total. The third-order valence-corrected chi connectivity index (χ3v) is 13.8. The summed E-state index contributed by atoms with van der Waals surface area (Å²) in [5.41, 5.74) is 7.56. The van der Waals surface area contributed by atoms with Crippen LogP contribution >= 0.6 is 22.7 Å². The van der Waals surface area contributed by atoms with Crippen LogP contribution in [0.25, 0.3) is 117 Å². The van der Waals surface area contributed by atoms with Crippen LogP contribution in [0, 0.1) is 0 Å². The molecule has 12 rings (SSSR count). The first-order valence-corrected chi connectivity index (χ1v) is 20.1. The van der Waals surface area contributed by atoms with Crippen LogP contribution in [0.5, 0.6) is 0 Å². The minimum Gasteiger partial charge on any atom is -0.134 e. The number of fused-ring (bicyclic) bond motifs is 12. The smallest absolute Gasteiger partial charge is 0.0448 e. The molecule has 0 aliphatic carbocycles. The zero-order valence-corrected chi connectivity index (χ0v) is 30.8. The van der Waals surface area contributed by atoms with Gasteiger partial charge in [0.1, 0.15) is 0 Å². The maximum Gasteiger partial charge on any atom is 0.0448 e. The summed E-state index contributed by atoms with van der Waals surface area (Å²) >= 11 is 3.86. The highest BCUT2D eigenvalue weighted by molar-refractivity contribution is 7.29. The van der Waals surface area contributed by atoms with Crippen molar-refractivity contribution in [2.75, 3.05) is 0 Å². The van der Waals surface area contributed by atoms with E-state index in [-0.39, 0.29) is 0 Å². The van der Waals surface area contributed by atoms with Gasteiger partial charge in [0, 0.05) is 45.7 Å². The molecule has 0 aliphatic rings. The lowest BCUT2D eigenvalue weighted by Gasteiger charge is -2.18. The van der Waals surface area contributed by atoms with Gasteiger partial charge in [-0.1, -0.05) is 158 Å². The molecule has 0 spiro atoms. The van der Waals surface area contributed by atoms with E-state index >= 15 is 0 Å². The van der Waals surface area contributed by atoms with E-state index in [0.717, 1.165) is 0 Å². The Labute approximate surface area is 319 Å². The van der Waals surface area contributed by atoms with Gasteiger partial charge in [-0.3, -0.25) is 0 Å². The Morgan fingerprint density at radius 1 is 0.278 bits per heavy atom. The van der Waals surface area contributed by atoms with Crippen molar-refractivity contribution in [1.29, 1.82) is 0 Å². The third-order valence-electron chi connectivity index (χ3n) is 11.4. The van der Waals surface area contributed by atoms with Crippen LogP contribution in [0.15, 0.2) is 182 Å². The molecule has 0 atom stereocenters. The summed E-state index contributed by atoms with van der Waals surface area (Å²) in [6.07, 6.45) is 0. The third kappa shape index (κ3) is 4.36. The lowest BCUT2D eigenvalue weighted by molar-refractivity contribution is 1.63. The van der Waals surface area contributed by atoms with E-state index in [1.807, 2.05) is 22.7 Å². The molecular weight excluding hydrogens is 689 g/mol. The van der Waals surface area contributed by atoms with Gasteiger partial charge in [0.15, 0.2) is 0 Å². The number of hydrogen-bond acceptors (Lipinski definition) is 2. The highest BCUT2D eigenvalue weighted by atomic mass is 32.1. The monoisotopic (exact) mass is 718 g/mol. The molecule has 10 aromatic carbocycles. The van der Waals surface area contributed by atoms with Crippen LogP contribution in [-0.2, 0) is 0 Å². The summed E-state index contributed by atoms with van der Waals surface area (Å²) in [6.45, 7) is 0. The number of rotatable bonds is 3. The van der Waals surface area contributed by atoms with Crippen molar-refractivity contribution in [3.8, 4) is 33.4 Å². The van der Waals surface area contributed by atoms with Crippen molar-refractivity contribution >= 4 is 106 Å². The van der Waals surface area contributed by atoms with Gasteiger partial charge in [-0.05, 0) is 95.3 Å². The fraction of sp³-hybridized carbons (Fsp3) is 0. The van der Waals surface area contributed by atoms with Crippen molar-refractivity contribution in [1.82, 2.24) is 0 Å². The van der Waals surface area contributed by atoms with Crippen LogP contribution < -0.4 is 0 Å². The number of benzene rings is 10. The van der Waals surface area contributed by atoms with E-state index in [9.17, 15) is 0 Å². The maximum absolute atomic E-state index is 2.46. The molecule has 12 aromatic rings. The Bertz CT molecular complexity index is 3440. The highest BCUT2D eigenvalue weighted by Crippen LogP contribution is 2.48. The molecule has 2 heterocycles. The average molecular weight is 719 g/mol. The van der Waals surface area contributed by atoms with Crippen LogP contribution in [0.1, 0.15) is 0 Å². The van der Waals surface area contributed by atoms with E-state index in [1.165, 1.54) is 117 Å². The first-order valence-electron chi connectivity index (χ1n) is 18.5. The second kappa shape index (κ2) is 11.6. The molecule has 0 aliphatic heterocycles. The van der Waals surface area contributed by atoms with E-state index in [1.54, 1.807) is 0 Å². The first-order chi connectivity index (χ1) is 26.8. The standard InChI is InChI=1S/C52H30S2/c1-2-15-36-31(11-1)12-10-21-37(36)33-13-9-14-34(29-33)48-39-17-3-5-19-41(39)49(42-20-6-4-18-40(42)48)35-25-28-47-45(30-35)44-27-24-32-23-26-43-38-16-7-8-22-46(38)53-51(43)50(32)52(44)54-47/h1-30H. The topological polar surface area (TPSA) is 0 Å². The Morgan fingerprint density at radius 3 is 1.50 bits per heavy atom. The molecule has 250 valence electrons. The van der Waals surface area contributed by atoms with E-state index in [4.69, 9.17) is 0 Å². The lowest BCUT2D eigenvalue weighted by Crippen LogP contribution is -1.91. The molecule has 2 aromatic heterocycles. The molecule has 0 fully saturated rings. The first kappa shape index (κ1) is 30.2. The molecule has 0 saturated heterocycles. The summed E-state index contributed by atoms with van der Waals surface area (Å²) in [5.74, 6) is 0. The second-order valence-electron chi connectivity index (χ2n) is 14.3. The fourth-order valence-electron chi connectivity index (χ4n) is 9.04. The Kier molecular flexibility index (Phi) is 6.48. The van der Waals surface area contributed by atoms with Gasteiger partial charge in [-0.2, -0.15) is 0 Å². The Hall–Kier alpha value is -6.32. The van der Waals surface area contributed by atoms with Gasteiger partial charge < -0.3 is 0 Å². The summed E-state index contributed by atoms with van der Waals surface area (Å²) in [6, 6.07) is 67.8. The molecular formula is C52H30S2. The van der Waals surface area contributed by atoms with Gasteiger partial charge in [-0.15, -0.1) is 22.7 Å². The summed E-state index contributed by atoms with van der Waals surface area (Å²) in [5, 5.41) is 15.7. The second-order valence-corrected chi connectivity index (χ2v) is 16.4. The number of thiophene rings is 2. The Morgan fingerprint density at radius 2 is 0.796 bits per heavy atom. The van der Waals surface area contributed by atoms with Gasteiger partial charge >= 0.3 is 0 Å². The van der Waals surface area contributed by atoms with E-state index in [2.05, 4.69) is 182 Å². The SMILES string of the molecule is c1cc(-c2cccc3ccccc23)cc(-c2c3ccccc3c(-c3ccc4sc5c(ccc6ccc7c8ccccc8sc7c65)c4c3)c3ccccc23)c1. The van der Waals surface area contributed by atoms with Crippen LogP contribution in [0.2, 0.25) is 0 Å². The molecule has 0 N–H and O–H groups in total. The molecule has 0 saturated carbocycles. The summed E-state index contributed by atoms with van der Waals surface area (Å²) < 4.78 is 5.45. The largest absolute Gasteiger partial charge is 0.134 e. The van der Waals surface area contributed by atoms with Crippen molar-refractivity contribution in [2.24, 2.45) is 0 Å². The summed E-state index contributed by atoms with van der Waals surface area (Å²) in [7, 11) is 0. The normalized spacial score (nSPS) is 12.1. The van der Waals surface area contributed by atoms with Crippen LogP contribution in [0.3, 0.4) is 0 Å². The fourth-order valence-corrected chi connectivity index (χ4v) is 11.6. The molecule has 0 radical (unpaired) electrons. The van der Waals surface area contributed by atoms with Crippen molar-refractivity contribution in [3.05, 3.63) is 182 Å². The maximum atomic E-state index is 2.46. The highest BCUT2D eigenvalue weighted by Gasteiger charge is 2.19. The molecule has 2 heteroatoms.